The van der Waals surface area contributed by atoms with Crippen molar-refractivity contribution in [3.63, 3.8) is 0 Å². The highest BCUT2D eigenvalue weighted by Gasteiger charge is 2.28. The van der Waals surface area contributed by atoms with Crippen LogP contribution in [0.4, 0.5) is 0 Å². The molecule has 0 aliphatic carbocycles. The van der Waals surface area contributed by atoms with Crippen LogP contribution in [0.15, 0.2) is 23.0 Å². The number of aromatic nitrogens is 1. The number of pyridine rings is 1. The van der Waals surface area contributed by atoms with Gasteiger partial charge in [-0.3, -0.25) is 4.79 Å². The quantitative estimate of drug-likeness (QED) is 0.386. The Labute approximate surface area is 184 Å². The summed E-state index contributed by atoms with van der Waals surface area (Å²) in [4.78, 5) is 37.9. The molecular formula is C19H19I2NO5. The van der Waals surface area contributed by atoms with Crippen molar-refractivity contribution < 1.29 is 19.1 Å². The van der Waals surface area contributed by atoms with Crippen LogP contribution >= 0.6 is 45.2 Å². The van der Waals surface area contributed by atoms with Gasteiger partial charge in [-0.25, -0.2) is 9.59 Å². The van der Waals surface area contributed by atoms with E-state index >= 15 is 0 Å². The van der Waals surface area contributed by atoms with Gasteiger partial charge in [0.05, 0.1) is 18.9 Å². The zero-order valence-electron chi connectivity index (χ0n) is 15.4. The van der Waals surface area contributed by atoms with E-state index in [1.54, 1.807) is 32.3 Å². The molecule has 144 valence electrons. The molecular weight excluding hydrogens is 576 g/mol. The maximum Gasteiger partial charge on any atom is 0.343 e. The summed E-state index contributed by atoms with van der Waals surface area (Å²) in [5.74, 6) is -1.50. The standard InChI is InChI=1S/C19H19I2NO5/c1-5-26-18(24)15-10(3)22(14-8-7-12(20)9-13(14)21)11(4)16(17(15)23)19(25)27-6-2/h7-9H,5-6H2,1-4H3. The number of benzene rings is 1. The smallest absolute Gasteiger partial charge is 0.343 e. The second-order valence-electron chi connectivity index (χ2n) is 5.62. The molecule has 0 bridgehead atoms. The van der Waals surface area contributed by atoms with Crippen molar-refractivity contribution in [2.24, 2.45) is 0 Å². The Morgan fingerprint density at radius 3 is 1.85 bits per heavy atom. The fourth-order valence-electron chi connectivity index (χ4n) is 2.84. The molecule has 0 aliphatic heterocycles. The van der Waals surface area contributed by atoms with Crippen LogP contribution in [-0.2, 0) is 9.47 Å². The zero-order valence-corrected chi connectivity index (χ0v) is 19.7. The molecule has 0 spiro atoms. The van der Waals surface area contributed by atoms with Crippen molar-refractivity contribution in [2.45, 2.75) is 27.7 Å². The number of halogens is 2. The molecule has 0 saturated heterocycles. The average Bonchev–Trinajstić information content (AvgIpc) is 2.57. The fourth-order valence-corrected chi connectivity index (χ4v) is 4.68. The van der Waals surface area contributed by atoms with Gasteiger partial charge in [0, 0.05) is 18.5 Å². The molecule has 1 aromatic carbocycles. The summed E-state index contributed by atoms with van der Waals surface area (Å²) in [5, 5.41) is 0. The topological polar surface area (TPSA) is 74.6 Å². The Bertz CT molecular complexity index is 917. The summed E-state index contributed by atoms with van der Waals surface area (Å²) >= 11 is 4.40. The highest BCUT2D eigenvalue weighted by molar-refractivity contribution is 14.1. The molecule has 2 rings (SSSR count). The SMILES string of the molecule is CCOC(=O)c1c(C)n(-c2ccc(I)cc2I)c(C)c(C(=O)OCC)c1=O. The van der Waals surface area contributed by atoms with E-state index in [0.717, 1.165) is 12.8 Å². The molecule has 0 unspecified atom stereocenters. The third-order valence-corrected chi connectivity index (χ3v) is 5.49. The number of nitrogens with zero attached hydrogens (tertiary/aromatic N) is 1. The van der Waals surface area contributed by atoms with E-state index in [0.29, 0.717) is 11.4 Å². The van der Waals surface area contributed by atoms with Gasteiger partial charge in [0.2, 0.25) is 5.43 Å². The van der Waals surface area contributed by atoms with Crippen molar-refractivity contribution in [1.82, 2.24) is 4.57 Å². The predicted octanol–water partition coefficient (Wildman–Crippen LogP) is 4.02. The normalized spacial score (nSPS) is 10.6. The van der Waals surface area contributed by atoms with E-state index in [1.807, 2.05) is 18.2 Å². The maximum absolute atomic E-state index is 12.9. The van der Waals surface area contributed by atoms with E-state index in [1.165, 1.54) is 0 Å². The van der Waals surface area contributed by atoms with Gasteiger partial charge < -0.3 is 14.0 Å². The van der Waals surface area contributed by atoms with Gasteiger partial charge in [0.25, 0.3) is 0 Å². The van der Waals surface area contributed by atoms with E-state index in [2.05, 4.69) is 45.2 Å². The number of hydrogen-bond donors (Lipinski definition) is 0. The molecule has 0 saturated carbocycles. The summed E-state index contributed by atoms with van der Waals surface area (Å²) in [6.07, 6.45) is 0. The minimum atomic E-state index is -0.750. The molecule has 0 N–H and O–H groups in total. The predicted molar refractivity (Wildman–Crippen MR) is 119 cm³/mol. The molecule has 0 amide bonds. The number of carbonyl (C=O) groups is 2. The third kappa shape index (κ3) is 4.36. The summed E-state index contributed by atoms with van der Waals surface area (Å²) < 4.78 is 13.8. The van der Waals surface area contributed by atoms with Crippen LogP contribution in [0, 0.1) is 21.0 Å². The van der Waals surface area contributed by atoms with Crippen LogP contribution in [0.5, 0.6) is 0 Å². The van der Waals surface area contributed by atoms with Crippen molar-refractivity contribution in [3.8, 4) is 5.69 Å². The number of hydrogen-bond acceptors (Lipinski definition) is 5. The van der Waals surface area contributed by atoms with Crippen LogP contribution in [0.1, 0.15) is 46.0 Å². The lowest BCUT2D eigenvalue weighted by Gasteiger charge is -2.21. The minimum Gasteiger partial charge on any atom is -0.462 e. The van der Waals surface area contributed by atoms with Crippen LogP contribution in [-0.4, -0.2) is 29.7 Å². The fraction of sp³-hybridized carbons (Fsp3) is 0.316. The van der Waals surface area contributed by atoms with E-state index in [-0.39, 0.29) is 24.3 Å². The van der Waals surface area contributed by atoms with Gasteiger partial charge in [-0.1, -0.05) is 0 Å². The zero-order chi connectivity index (χ0) is 20.3. The summed E-state index contributed by atoms with van der Waals surface area (Å²) in [6.45, 7) is 6.92. The van der Waals surface area contributed by atoms with E-state index in [4.69, 9.17) is 9.47 Å². The second kappa shape index (κ2) is 9.18. The van der Waals surface area contributed by atoms with Gasteiger partial charge >= 0.3 is 11.9 Å². The van der Waals surface area contributed by atoms with Gasteiger partial charge in [-0.2, -0.15) is 0 Å². The monoisotopic (exact) mass is 595 g/mol. The first-order valence-electron chi connectivity index (χ1n) is 8.30. The molecule has 8 heteroatoms. The summed E-state index contributed by atoms with van der Waals surface area (Å²) in [5.41, 5.74) is 0.631. The highest BCUT2D eigenvalue weighted by Crippen LogP contribution is 2.25. The number of carbonyl (C=O) groups excluding carboxylic acids is 2. The lowest BCUT2D eigenvalue weighted by Crippen LogP contribution is -2.31. The van der Waals surface area contributed by atoms with Crippen molar-refractivity contribution in [1.29, 1.82) is 0 Å². The molecule has 0 atom stereocenters. The molecule has 1 heterocycles. The molecule has 6 nitrogen and oxygen atoms in total. The Morgan fingerprint density at radius 2 is 1.44 bits per heavy atom. The van der Waals surface area contributed by atoms with Crippen LogP contribution in [0.25, 0.3) is 5.69 Å². The van der Waals surface area contributed by atoms with E-state index in [9.17, 15) is 14.4 Å². The largest absolute Gasteiger partial charge is 0.462 e. The first-order valence-corrected chi connectivity index (χ1v) is 10.5. The highest BCUT2D eigenvalue weighted by atomic mass is 127. The Morgan fingerprint density at radius 1 is 0.963 bits per heavy atom. The Balaban J connectivity index is 2.92. The summed E-state index contributed by atoms with van der Waals surface area (Å²) in [7, 11) is 0. The van der Waals surface area contributed by atoms with Crippen LogP contribution < -0.4 is 5.43 Å². The molecule has 2 aromatic rings. The first-order chi connectivity index (χ1) is 12.7. The molecule has 27 heavy (non-hydrogen) atoms. The van der Waals surface area contributed by atoms with Gasteiger partial charge in [0.15, 0.2) is 0 Å². The lowest BCUT2D eigenvalue weighted by molar-refractivity contribution is 0.0519. The third-order valence-electron chi connectivity index (χ3n) is 3.96. The number of rotatable bonds is 5. The number of esters is 2. The second-order valence-corrected chi connectivity index (χ2v) is 8.03. The summed E-state index contributed by atoms with van der Waals surface area (Å²) in [6, 6.07) is 5.78. The molecule has 0 aliphatic rings. The number of ether oxygens (including phenoxy) is 2. The first kappa shape index (κ1) is 21.9. The van der Waals surface area contributed by atoms with Crippen LogP contribution in [0.2, 0.25) is 0 Å². The maximum atomic E-state index is 12.9. The Hall–Kier alpha value is -1.43. The van der Waals surface area contributed by atoms with E-state index < -0.39 is 17.4 Å². The van der Waals surface area contributed by atoms with Gasteiger partial charge in [-0.15, -0.1) is 0 Å². The molecule has 0 fully saturated rings. The lowest BCUT2D eigenvalue weighted by atomic mass is 10.0. The van der Waals surface area contributed by atoms with Gasteiger partial charge in [-0.05, 0) is 91.1 Å². The molecule has 0 radical (unpaired) electrons. The minimum absolute atomic E-state index is 0.126. The van der Waals surface area contributed by atoms with Crippen LogP contribution in [0.3, 0.4) is 0 Å². The van der Waals surface area contributed by atoms with Crippen molar-refractivity contribution >= 4 is 57.1 Å². The molecule has 1 aromatic heterocycles. The van der Waals surface area contributed by atoms with Crippen molar-refractivity contribution in [3.05, 3.63) is 58.1 Å². The van der Waals surface area contributed by atoms with Crippen molar-refractivity contribution in [2.75, 3.05) is 13.2 Å². The Kier molecular flexibility index (Phi) is 7.43. The average molecular weight is 595 g/mol. The van der Waals surface area contributed by atoms with Gasteiger partial charge in [0.1, 0.15) is 11.1 Å².